The molecule has 21 heavy (non-hydrogen) atoms. The summed E-state index contributed by atoms with van der Waals surface area (Å²) in [5.41, 5.74) is 7.77. The van der Waals surface area contributed by atoms with Crippen LogP contribution >= 0.6 is 31.9 Å². The van der Waals surface area contributed by atoms with Crippen LogP contribution in [0.25, 0.3) is 0 Å². The van der Waals surface area contributed by atoms with Gasteiger partial charge < -0.3 is 5.73 Å². The van der Waals surface area contributed by atoms with Crippen LogP contribution in [0.4, 0.5) is 5.69 Å². The topological polar surface area (TPSA) is 72.2 Å². The number of rotatable bonds is 4. The molecule has 0 saturated heterocycles. The molecule has 7 heteroatoms. The second-order valence-electron chi connectivity index (χ2n) is 4.51. The Morgan fingerprint density at radius 2 is 1.90 bits per heavy atom. The molecule has 0 spiro atoms. The van der Waals surface area contributed by atoms with Gasteiger partial charge in [0.05, 0.1) is 5.69 Å². The lowest BCUT2D eigenvalue weighted by Gasteiger charge is -2.13. The molecule has 0 unspecified atom stereocenters. The van der Waals surface area contributed by atoms with Crippen molar-refractivity contribution >= 4 is 47.6 Å². The molecule has 0 radical (unpaired) electrons. The summed E-state index contributed by atoms with van der Waals surface area (Å²) in [5.74, 6) is 0. The Morgan fingerprint density at radius 1 is 1.19 bits per heavy atom. The van der Waals surface area contributed by atoms with Crippen molar-refractivity contribution < 1.29 is 8.42 Å². The van der Waals surface area contributed by atoms with Crippen LogP contribution in [-0.4, -0.2) is 8.42 Å². The van der Waals surface area contributed by atoms with Crippen LogP contribution in [0.1, 0.15) is 11.1 Å². The lowest BCUT2D eigenvalue weighted by atomic mass is 10.2. The molecule has 0 aromatic heterocycles. The second kappa shape index (κ2) is 6.48. The number of nitrogens with one attached hydrogen (secondary N) is 1. The largest absolute Gasteiger partial charge is 0.326 e. The van der Waals surface area contributed by atoms with Gasteiger partial charge in [0.1, 0.15) is 4.90 Å². The highest BCUT2D eigenvalue weighted by Crippen LogP contribution is 2.30. The van der Waals surface area contributed by atoms with Crippen LogP contribution in [0, 0.1) is 6.92 Å². The van der Waals surface area contributed by atoms with Crippen molar-refractivity contribution in [1.29, 1.82) is 0 Å². The van der Waals surface area contributed by atoms with E-state index in [2.05, 4.69) is 36.6 Å². The summed E-state index contributed by atoms with van der Waals surface area (Å²) >= 11 is 6.66. The predicted molar refractivity (Wildman–Crippen MR) is 91.7 cm³/mol. The highest BCUT2D eigenvalue weighted by Gasteiger charge is 2.19. The normalized spacial score (nSPS) is 11.4. The Labute approximate surface area is 141 Å². The fourth-order valence-electron chi connectivity index (χ4n) is 1.81. The van der Waals surface area contributed by atoms with E-state index in [1.807, 2.05) is 13.0 Å². The summed E-state index contributed by atoms with van der Waals surface area (Å²) in [6, 6.07) is 10.4. The molecule has 0 bridgehead atoms. The van der Waals surface area contributed by atoms with Crippen molar-refractivity contribution in [3.05, 3.63) is 56.5 Å². The van der Waals surface area contributed by atoms with Gasteiger partial charge in [-0.2, -0.15) is 0 Å². The minimum absolute atomic E-state index is 0.166. The lowest BCUT2D eigenvalue weighted by molar-refractivity contribution is 0.600. The molecule has 112 valence electrons. The third-order valence-electron chi connectivity index (χ3n) is 2.96. The van der Waals surface area contributed by atoms with E-state index in [1.54, 1.807) is 30.3 Å². The second-order valence-corrected chi connectivity index (χ2v) is 7.81. The third kappa shape index (κ3) is 3.66. The van der Waals surface area contributed by atoms with Gasteiger partial charge in [0.2, 0.25) is 0 Å². The number of benzene rings is 2. The van der Waals surface area contributed by atoms with Gasteiger partial charge in [-0.25, -0.2) is 8.42 Å². The van der Waals surface area contributed by atoms with Gasteiger partial charge in [-0.3, -0.25) is 4.72 Å². The van der Waals surface area contributed by atoms with Gasteiger partial charge in [-0.1, -0.05) is 18.2 Å². The van der Waals surface area contributed by atoms with Crippen molar-refractivity contribution in [1.82, 2.24) is 0 Å². The molecule has 2 aromatic rings. The molecule has 3 N–H and O–H groups in total. The summed E-state index contributed by atoms with van der Waals surface area (Å²) in [5, 5.41) is 0. The quantitative estimate of drug-likeness (QED) is 0.770. The van der Waals surface area contributed by atoms with Crippen LogP contribution in [0.15, 0.2) is 50.2 Å². The summed E-state index contributed by atoms with van der Waals surface area (Å²) in [6.07, 6.45) is 0. The fraction of sp³-hybridized carbons (Fsp3) is 0.143. The van der Waals surface area contributed by atoms with Crippen molar-refractivity contribution in [3.63, 3.8) is 0 Å². The monoisotopic (exact) mass is 432 g/mol. The van der Waals surface area contributed by atoms with E-state index < -0.39 is 10.0 Å². The van der Waals surface area contributed by atoms with Gasteiger partial charge in [-0.15, -0.1) is 0 Å². The molecular formula is C14H14Br2N2O2S. The Kier molecular flexibility index (Phi) is 5.08. The first-order valence-corrected chi connectivity index (χ1v) is 9.18. The third-order valence-corrected chi connectivity index (χ3v) is 6.37. The predicted octanol–water partition coefficient (Wildman–Crippen LogP) is 3.78. The summed E-state index contributed by atoms with van der Waals surface area (Å²) in [4.78, 5) is 0.166. The number of nitrogens with two attached hydrogens (primary N) is 1. The molecular weight excluding hydrogens is 420 g/mol. The molecule has 0 aliphatic carbocycles. The first-order valence-electron chi connectivity index (χ1n) is 6.11. The number of halogens is 2. The molecule has 0 heterocycles. The van der Waals surface area contributed by atoms with E-state index in [0.29, 0.717) is 10.2 Å². The Morgan fingerprint density at radius 3 is 2.57 bits per heavy atom. The van der Waals surface area contributed by atoms with Crippen molar-refractivity contribution in [3.8, 4) is 0 Å². The standard InChI is InChI=1S/C14H14Br2N2O2S/c1-9-3-2-4-12(14(9)16)18-21(19,20)13-7-10(8-17)5-6-11(13)15/h2-7,18H,8,17H2,1H3. The minimum atomic E-state index is -3.70. The van der Waals surface area contributed by atoms with Crippen LogP contribution in [0.2, 0.25) is 0 Å². The Hall–Kier alpha value is -0.890. The van der Waals surface area contributed by atoms with Crippen LogP contribution in [0.3, 0.4) is 0 Å². The number of aryl methyl sites for hydroxylation is 1. The van der Waals surface area contributed by atoms with E-state index in [1.165, 1.54) is 0 Å². The molecule has 0 saturated carbocycles. The first kappa shape index (κ1) is 16.5. The van der Waals surface area contributed by atoms with Crippen LogP contribution in [0.5, 0.6) is 0 Å². The van der Waals surface area contributed by atoms with Crippen LogP contribution in [-0.2, 0) is 16.6 Å². The molecule has 2 rings (SSSR count). The molecule has 0 aliphatic rings. The number of sulfonamides is 1. The van der Waals surface area contributed by atoms with Gasteiger partial charge in [-0.05, 0) is 68.1 Å². The van der Waals surface area contributed by atoms with Gasteiger partial charge >= 0.3 is 0 Å². The zero-order valence-corrected chi connectivity index (χ0v) is 15.2. The lowest BCUT2D eigenvalue weighted by Crippen LogP contribution is -2.15. The smallest absolute Gasteiger partial charge is 0.263 e. The van der Waals surface area contributed by atoms with Crippen molar-refractivity contribution in [2.24, 2.45) is 5.73 Å². The van der Waals surface area contributed by atoms with Gasteiger partial charge in [0.25, 0.3) is 10.0 Å². The average molecular weight is 434 g/mol. The van der Waals surface area contributed by atoms with E-state index in [0.717, 1.165) is 15.6 Å². The number of hydrogen-bond donors (Lipinski definition) is 2. The zero-order chi connectivity index (χ0) is 15.6. The molecule has 0 amide bonds. The Bertz CT molecular complexity index is 777. The summed E-state index contributed by atoms with van der Waals surface area (Å²) in [7, 11) is -3.70. The van der Waals surface area contributed by atoms with Crippen molar-refractivity contribution in [2.75, 3.05) is 4.72 Å². The van der Waals surface area contributed by atoms with E-state index in [4.69, 9.17) is 5.73 Å². The van der Waals surface area contributed by atoms with Crippen LogP contribution < -0.4 is 10.5 Å². The average Bonchev–Trinajstić information content (AvgIpc) is 2.44. The SMILES string of the molecule is Cc1cccc(NS(=O)(=O)c2cc(CN)ccc2Br)c1Br. The summed E-state index contributed by atoms with van der Waals surface area (Å²) < 4.78 is 28.9. The van der Waals surface area contributed by atoms with E-state index >= 15 is 0 Å². The molecule has 0 atom stereocenters. The van der Waals surface area contributed by atoms with Gasteiger partial charge in [0.15, 0.2) is 0 Å². The maximum absolute atomic E-state index is 12.6. The van der Waals surface area contributed by atoms with E-state index in [9.17, 15) is 8.42 Å². The maximum atomic E-state index is 12.6. The molecule has 2 aromatic carbocycles. The number of anilines is 1. The molecule has 4 nitrogen and oxygen atoms in total. The highest BCUT2D eigenvalue weighted by atomic mass is 79.9. The van der Waals surface area contributed by atoms with Gasteiger partial charge in [0, 0.05) is 15.5 Å². The number of hydrogen-bond acceptors (Lipinski definition) is 3. The molecule has 0 aliphatic heterocycles. The summed E-state index contributed by atoms with van der Waals surface area (Å²) in [6.45, 7) is 2.18. The fourth-order valence-corrected chi connectivity index (χ4v) is 4.39. The molecule has 0 fully saturated rings. The Balaban J connectivity index is 2.46. The van der Waals surface area contributed by atoms with E-state index in [-0.39, 0.29) is 11.4 Å². The zero-order valence-electron chi connectivity index (χ0n) is 11.2. The minimum Gasteiger partial charge on any atom is -0.326 e. The first-order chi connectivity index (χ1) is 9.85. The van der Waals surface area contributed by atoms with Crippen molar-refractivity contribution in [2.45, 2.75) is 18.4 Å². The highest BCUT2D eigenvalue weighted by molar-refractivity contribution is 9.11. The maximum Gasteiger partial charge on any atom is 0.263 e.